The second kappa shape index (κ2) is 4.55. The van der Waals surface area contributed by atoms with E-state index in [0.29, 0.717) is 0 Å². The van der Waals surface area contributed by atoms with Crippen LogP contribution < -0.4 is 4.98 Å². The number of hydrogen-bond acceptors (Lipinski definition) is 0. The first kappa shape index (κ1) is 9.65. The molecule has 13 heavy (non-hydrogen) atoms. The van der Waals surface area contributed by atoms with Crippen LogP contribution in [-0.4, -0.2) is 4.98 Å². The highest BCUT2D eigenvalue weighted by atomic mass is 14.8. The molecule has 0 unspecified atom stereocenters. The number of aromatic amines is 2. The lowest BCUT2D eigenvalue weighted by Gasteiger charge is -1.99. The molecule has 0 saturated carbocycles. The summed E-state index contributed by atoms with van der Waals surface area (Å²) in [4.78, 5) is 5.61. The van der Waals surface area contributed by atoms with Crippen molar-refractivity contribution >= 4 is 0 Å². The first-order valence-electron chi connectivity index (χ1n) is 4.40. The Bertz CT molecular complexity index is 294. The molecule has 1 aromatic carbocycles. The van der Waals surface area contributed by atoms with E-state index < -0.39 is 0 Å². The molecule has 0 bridgehead atoms. The van der Waals surface area contributed by atoms with Crippen LogP contribution in [0.15, 0.2) is 30.9 Å². The van der Waals surface area contributed by atoms with E-state index >= 15 is 0 Å². The second-order valence-electron chi connectivity index (χ2n) is 3.14. The quantitative estimate of drug-likeness (QED) is 0.596. The average Bonchev–Trinajstić information content (AvgIpc) is 2.75. The summed E-state index contributed by atoms with van der Waals surface area (Å²) in [5.41, 5.74) is 4.25. The Morgan fingerprint density at radius 2 is 2.15 bits per heavy atom. The van der Waals surface area contributed by atoms with Crippen LogP contribution in [-0.2, 0) is 0 Å². The van der Waals surface area contributed by atoms with Gasteiger partial charge in [0.05, 0.1) is 0 Å². The minimum Gasteiger partial charge on any atom is -0.250 e. The van der Waals surface area contributed by atoms with Crippen molar-refractivity contribution in [2.45, 2.75) is 20.8 Å². The summed E-state index contributed by atoms with van der Waals surface area (Å²) in [6, 6.07) is 4.31. The summed E-state index contributed by atoms with van der Waals surface area (Å²) in [5, 5.41) is 0. The molecular weight excluding hydrogens is 160 g/mol. The highest BCUT2D eigenvalue weighted by Crippen LogP contribution is 2.12. The van der Waals surface area contributed by atoms with Gasteiger partial charge in [-0.25, -0.2) is 6.07 Å². The van der Waals surface area contributed by atoms with E-state index in [-0.39, 0.29) is 0 Å². The average molecular weight is 176 g/mol. The molecule has 1 heterocycles. The van der Waals surface area contributed by atoms with Gasteiger partial charge in [-0.15, -0.1) is 0 Å². The Labute approximate surface area is 79.0 Å². The lowest BCUT2D eigenvalue weighted by atomic mass is 10.2. The van der Waals surface area contributed by atoms with E-state index in [1.165, 1.54) is 16.7 Å². The lowest BCUT2D eigenvalue weighted by Crippen LogP contribution is -1.87. The molecule has 0 atom stereocenters. The van der Waals surface area contributed by atoms with Gasteiger partial charge >= 0.3 is 0 Å². The maximum absolute atomic E-state index is 2.81. The number of aryl methyl sites for hydroxylation is 2. The maximum atomic E-state index is 2.81. The minimum atomic E-state index is 1.41. The summed E-state index contributed by atoms with van der Waals surface area (Å²) in [5.74, 6) is 0. The van der Waals surface area contributed by atoms with Gasteiger partial charge in [0.2, 0.25) is 6.33 Å². The molecule has 0 aliphatic carbocycles. The van der Waals surface area contributed by atoms with Crippen molar-refractivity contribution < 1.29 is 4.98 Å². The highest BCUT2D eigenvalue weighted by Gasteiger charge is 1.82. The molecule has 0 amide bonds. The van der Waals surface area contributed by atoms with Crippen LogP contribution in [0.1, 0.15) is 16.7 Å². The molecule has 0 fully saturated rings. The topological polar surface area (TPSA) is 29.9 Å². The van der Waals surface area contributed by atoms with Crippen LogP contribution in [0.3, 0.4) is 0 Å². The van der Waals surface area contributed by atoms with Crippen LogP contribution in [0.2, 0.25) is 0 Å². The molecule has 0 aliphatic rings. The van der Waals surface area contributed by atoms with Crippen LogP contribution in [0, 0.1) is 20.8 Å². The van der Waals surface area contributed by atoms with E-state index in [1.54, 1.807) is 6.33 Å². The Morgan fingerprint density at radius 3 is 2.31 bits per heavy atom. The molecule has 0 aliphatic heterocycles. The number of nitrogens with one attached hydrogen (secondary N) is 2. The molecule has 0 radical (unpaired) electrons. The smallest absolute Gasteiger partial charge is 0.239 e. The largest absolute Gasteiger partial charge is 0.250 e. The zero-order valence-corrected chi connectivity index (χ0v) is 8.39. The van der Waals surface area contributed by atoms with E-state index in [1.807, 2.05) is 12.4 Å². The third kappa shape index (κ3) is 2.82. The molecule has 2 aromatic rings. The van der Waals surface area contributed by atoms with Crippen molar-refractivity contribution in [2.24, 2.45) is 0 Å². The maximum Gasteiger partial charge on any atom is 0.239 e. The van der Waals surface area contributed by atoms with E-state index in [4.69, 9.17) is 0 Å². The summed E-state index contributed by atoms with van der Waals surface area (Å²) in [6.45, 7) is 6.44. The van der Waals surface area contributed by atoms with E-state index in [9.17, 15) is 0 Å². The van der Waals surface area contributed by atoms with Gasteiger partial charge in [-0.05, 0) is 0 Å². The fourth-order valence-electron chi connectivity index (χ4n) is 1.05. The van der Waals surface area contributed by atoms with Gasteiger partial charge in [-0.1, -0.05) is 20.8 Å². The molecular formula is C11H16N2. The Morgan fingerprint density at radius 1 is 1.38 bits per heavy atom. The van der Waals surface area contributed by atoms with Crippen molar-refractivity contribution in [1.82, 2.24) is 4.98 Å². The third-order valence-electron chi connectivity index (χ3n) is 2.21. The summed E-state index contributed by atoms with van der Waals surface area (Å²) in [6.07, 6.45) is 5.39. The van der Waals surface area contributed by atoms with Crippen LogP contribution >= 0.6 is 0 Å². The second-order valence-corrected chi connectivity index (χ2v) is 3.14. The SMILES string of the molecule is Cc1cc[c-](C)c1C.c1c[nH+]c[nH]1. The van der Waals surface area contributed by atoms with Crippen LogP contribution in [0.4, 0.5) is 0 Å². The fraction of sp³-hybridized carbons (Fsp3) is 0.273. The molecule has 0 spiro atoms. The first-order valence-corrected chi connectivity index (χ1v) is 4.40. The summed E-state index contributed by atoms with van der Waals surface area (Å²) in [7, 11) is 0. The highest BCUT2D eigenvalue weighted by molar-refractivity contribution is 5.34. The van der Waals surface area contributed by atoms with Crippen LogP contribution in [0.25, 0.3) is 0 Å². The van der Waals surface area contributed by atoms with Gasteiger partial charge in [-0.3, -0.25) is 9.97 Å². The first-order chi connectivity index (χ1) is 6.22. The molecule has 2 N–H and O–H groups in total. The van der Waals surface area contributed by atoms with Crippen molar-refractivity contribution in [1.29, 1.82) is 0 Å². The Kier molecular flexibility index (Phi) is 3.38. The summed E-state index contributed by atoms with van der Waals surface area (Å²) < 4.78 is 0. The lowest BCUT2D eigenvalue weighted by molar-refractivity contribution is -0.375. The Balaban J connectivity index is 0.000000145. The zero-order chi connectivity index (χ0) is 9.68. The molecule has 70 valence electrons. The van der Waals surface area contributed by atoms with Crippen LogP contribution in [0.5, 0.6) is 0 Å². The van der Waals surface area contributed by atoms with Gasteiger partial charge in [0.1, 0.15) is 12.4 Å². The predicted octanol–water partition coefficient (Wildman–Crippen LogP) is 2.16. The third-order valence-corrected chi connectivity index (χ3v) is 2.21. The number of aromatic nitrogens is 2. The molecule has 1 aromatic heterocycles. The fourth-order valence-corrected chi connectivity index (χ4v) is 1.05. The molecule has 2 rings (SSSR count). The molecule has 0 saturated heterocycles. The minimum absolute atomic E-state index is 1.41. The summed E-state index contributed by atoms with van der Waals surface area (Å²) >= 11 is 0. The van der Waals surface area contributed by atoms with Gasteiger partial charge in [0.25, 0.3) is 0 Å². The van der Waals surface area contributed by atoms with Crippen molar-refractivity contribution in [3.63, 3.8) is 0 Å². The zero-order valence-electron chi connectivity index (χ0n) is 8.39. The van der Waals surface area contributed by atoms with E-state index in [0.717, 1.165) is 0 Å². The number of imidazole rings is 1. The number of hydrogen-bond donors (Lipinski definition) is 1. The molecule has 2 heteroatoms. The van der Waals surface area contributed by atoms with Gasteiger partial charge in [0, 0.05) is 0 Å². The normalized spacial score (nSPS) is 9.15. The number of H-pyrrole nitrogens is 2. The monoisotopic (exact) mass is 176 g/mol. The van der Waals surface area contributed by atoms with Crippen molar-refractivity contribution in [3.05, 3.63) is 47.5 Å². The van der Waals surface area contributed by atoms with Gasteiger partial charge in [-0.2, -0.15) is 22.8 Å². The Hall–Kier alpha value is -1.44. The predicted molar refractivity (Wildman–Crippen MR) is 53.6 cm³/mol. The van der Waals surface area contributed by atoms with Gasteiger partial charge < -0.3 is 0 Å². The van der Waals surface area contributed by atoms with E-state index in [2.05, 4.69) is 42.9 Å². The molecule has 2 nitrogen and oxygen atoms in total. The van der Waals surface area contributed by atoms with Crippen molar-refractivity contribution in [2.75, 3.05) is 0 Å². The van der Waals surface area contributed by atoms with Crippen molar-refractivity contribution in [3.8, 4) is 0 Å². The standard InChI is InChI=1S/C8H11.C3H4N2/c1-6-4-5-7(2)8(6)3;1-2-5-3-4-1/h4-5H,1-3H3;1-3H,(H,4,5)/q-1;/p+1. The number of rotatable bonds is 0. The van der Waals surface area contributed by atoms with Gasteiger partial charge in [0.15, 0.2) is 0 Å².